The van der Waals surface area contributed by atoms with E-state index in [0.29, 0.717) is 5.92 Å². The molecule has 2 fully saturated rings. The zero-order chi connectivity index (χ0) is 13.5. The van der Waals surface area contributed by atoms with Crippen LogP contribution in [0.3, 0.4) is 0 Å². The monoisotopic (exact) mass is 251 g/mol. The Kier molecular flexibility index (Phi) is 3.41. The molecule has 0 saturated carbocycles. The average Bonchev–Trinajstić information content (AvgIpc) is 2.56. The van der Waals surface area contributed by atoms with Gasteiger partial charge >= 0.3 is 0 Å². The summed E-state index contributed by atoms with van der Waals surface area (Å²) in [4.78, 5) is 14.1. The molecule has 2 aliphatic rings. The third-order valence-electron chi connectivity index (χ3n) is 3.77. The van der Waals surface area contributed by atoms with Crippen LogP contribution in [0.5, 0.6) is 0 Å². The Morgan fingerprint density at radius 1 is 1.56 bits per heavy atom. The Hall–Kier alpha value is -1.03. The van der Waals surface area contributed by atoms with Crippen LogP contribution < -0.4 is 11.1 Å². The molecular formula is C14H25N3O. The van der Waals surface area contributed by atoms with E-state index in [1.165, 1.54) is 0 Å². The van der Waals surface area contributed by atoms with Gasteiger partial charge < -0.3 is 16.0 Å². The van der Waals surface area contributed by atoms with Crippen molar-refractivity contribution in [2.75, 3.05) is 13.1 Å². The fourth-order valence-electron chi connectivity index (χ4n) is 3.14. The lowest BCUT2D eigenvalue weighted by atomic mass is 9.85. The van der Waals surface area contributed by atoms with E-state index in [-0.39, 0.29) is 23.4 Å². The summed E-state index contributed by atoms with van der Waals surface area (Å²) in [5.74, 6) is 0.486. The summed E-state index contributed by atoms with van der Waals surface area (Å²) < 4.78 is 0. The number of allylic oxidation sites excluding steroid dienone is 1. The smallest absolute Gasteiger partial charge is 0.243 e. The van der Waals surface area contributed by atoms with E-state index in [4.69, 9.17) is 5.73 Å². The van der Waals surface area contributed by atoms with Crippen LogP contribution in [0.1, 0.15) is 33.6 Å². The van der Waals surface area contributed by atoms with Crippen molar-refractivity contribution in [3.8, 4) is 0 Å². The van der Waals surface area contributed by atoms with Crippen LogP contribution in [0.4, 0.5) is 0 Å². The van der Waals surface area contributed by atoms with Gasteiger partial charge in [0.05, 0.1) is 0 Å². The molecule has 0 spiro atoms. The maximum absolute atomic E-state index is 12.0. The summed E-state index contributed by atoms with van der Waals surface area (Å²) in [6.07, 6.45) is 1.83. The molecule has 0 aliphatic carbocycles. The first-order valence-corrected chi connectivity index (χ1v) is 6.75. The number of rotatable bonds is 2. The maximum Gasteiger partial charge on any atom is 0.243 e. The van der Waals surface area contributed by atoms with Gasteiger partial charge in [0.2, 0.25) is 5.91 Å². The van der Waals surface area contributed by atoms with Crippen LogP contribution in [0.15, 0.2) is 12.3 Å². The molecule has 0 aromatic rings. The highest BCUT2D eigenvalue weighted by atomic mass is 16.2. The number of amides is 1. The van der Waals surface area contributed by atoms with E-state index in [2.05, 4.69) is 37.6 Å². The van der Waals surface area contributed by atoms with Crippen LogP contribution in [-0.4, -0.2) is 36.0 Å². The fraction of sp³-hybridized carbons (Fsp3) is 0.786. The number of likely N-dealkylation sites (tertiary alicyclic amines) is 1. The van der Waals surface area contributed by atoms with Gasteiger partial charge in [-0.1, -0.05) is 27.4 Å². The first-order chi connectivity index (χ1) is 8.28. The minimum absolute atomic E-state index is 0.0420. The number of carbonyl (C=O) groups is 1. The van der Waals surface area contributed by atoms with Gasteiger partial charge in [0.1, 0.15) is 6.04 Å². The van der Waals surface area contributed by atoms with Crippen LogP contribution in [0, 0.1) is 11.3 Å². The summed E-state index contributed by atoms with van der Waals surface area (Å²) in [7, 11) is 0. The highest BCUT2D eigenvalue weighted by molar-refractivity contribution is 5.84. The summed E-state index contributed by atoms with van der Waals surface area (Å²) in [5.41, 5.74) is 7.34. The quantitative estimate of drug-likeness (QED) is 0.772. The average molecular weight is 251 g/mol. The van der Waals surface area contributed by atoms with E-state index < -0.39 is 0 Å². The van der Waals surface area contributed by atoms with Gasteiger partial charge in [0.15, 0.2) is 0 Å². The molecule has 2 heterocycles. The van der Waals surface area contributed by atoms with Crippen molar-refractivity contribution in [3.63, 3.8) is 0 Å². The van der Waals surface area contributed by atoms with E-state index in [1.54, 1.807) is 0 Å². The van der Waals surface area contributed by atoms with Crippen molar-refractivity contribution in [2.45, 2.75) is 45.7 Å². The molecule has 4 heteroatoms. The molecule has 18 heavy (non-hydrogen) atoms. The number of nitrogens with one attached hydrogen (secondary N) is 1. The normalized spacial score (nSPS) is 32.1. The third kappa shape index (κ3) is 2.69. The number of hydrogen-bond acceptors (Lipinski definition) is 3. The van der Waals surface area contributed by atoms with Gasteiger partial charge in [-0.15, -0.1) is 0 Å². The van der Waals surface area contributed by atoms with Crippen molar-refractivity contribution < 1.29 is 4.79 Å². The van der Waals surface area contributed by atoms with Gasteiger partial charge in [-0.25, -0.2) is 0 Å². The summed E-state index contributed by atoms with van der Waals surface area (Å²) in [5, 5.41) is 2.95. The molecule has 2 rings (SSSR count). The van der Waals surface area contributed by atoms with E-state index in [9.17, 15) is 4.79 Å². The van der Waals surface area contributed by atoms with Gasteiger partial charge in [-0.2, -0.15) is 0 Å². The Balaban J connectivity index is 2.14. The lowest BCUT2D eigenvalue weighted by Crippen LogP contribution is -2.54. The topological polar surface area (TPSA) is 58.4 Å². The van der Waals surface area contributed by atoms with Crippen LogP contribution in [-0.2, 0) is 4.79 Å². The largest absolute Gasteiger partial charge is 0.362 e. The van der Waals surface area contributed by atoms with Crippen LogP contribution in [0.2, 0.25) is 0 Å². The molecule has 0 aromatic carbocycles. The van der Waals surface area contributed by atoms with Gasteiger partial charge in [0, 0.05) is 30.7 Å². The molecule has 3 atom stereocenters. The van der Waals surface area contributed by atoms with E-state index in [0.717, 1.165) is 31.6 Å². The molecule has 2 aliphatic heterocycles. The molecule has 0 bridgehead atoms. The number of carbonyl (C=O) groups excluding carboxylic acids is 1. The molecule has 0 aromatic heterocycles. The second-order valence-electron chi connectivity index (χ2n) is 6.90. The lowest BCUT2D eigenvalue weighted by molar-refractivity contribution is -0.124. The van der Waals surface area contributed by atoms with E-state index in [1.807, 2.05) is 0 Å². The zero-order valence-electron chi connectivity index (χ0n) is 11.7. The Labute approximate surface area is 110 Å². The van der Waals surface area contributed by atoms with E-state index >= 15 is 0 Å². The van der Waals surface area contributed by atoms with Crippen molar-refractivity contribution in [1.82, 2.24) is 10.2 Å². The molecular weight excluding hydrogens is 226 g/mol. The Morgan fingerprint density at radius 3 is 2.83 bits per heavy atom. The second-order valence-corrected chi connectivity index (χ2v) is 6.90. The SMILES string of the molecule is C=C(CC(C)(C)C)N1C[C@@H](N)C[C@@H]2CNC(=O)[C@@H]21. The fourth-order valence-corrected chi connectivity index (χ4v) is 3.14. The number of piperidine rings is 1. The first-order valence-electron chi connectivity index (χ1n) is 6.75. The number of nitrogens with zero attached hydrogens (tertiary/aromatic N) is 1. The Morgan fingerprint density at radius 2 is 2.22 bits per heavy atom. The van der Waals surface area contributed by atoms with Crippen molar-refractivity contribution >= 4 is 5.91 Å². The predicted octanol–water partition coefficient (Wildman–Crippen LogP) is 1.08. The predicted molar refractivity (Wildman–Crippen MR) is 72.8 cm³/mol. The lowest BCUT2D eigenvalue weighted by Gasteiger charge is -2.42. The van der Waals surface area contributed by atoms with Crippen molar-refractivity contribution in [3.05, 3.63) is 12.3 Å². The number of nitrogens with two attached hydrogens (primary N) is 1. The first kappa shape index (κ1) is 13.4. The number of hydrogen-bond donors (Lipinski definition) is 2. The van der Waals surface area contributed by atoms with Gasteiger partial charge in [0.25, 0.3) is 0 Å². The Bertz CT molecular complexity index is 359. The standard InChI is InChI=1S/C14H25N3O/c1-9(6-14(2,3)4)17-8-11(15)5-10-7-16-13(18)12(10)17/h10-12H,1,5-8,15H2,2-4H3,(H,16,18)/t10-,11+,12-/m1/s1. The highest BCUT2D eigenvalue weighted by Gasteiger charge is 2.44. The van der Waals surface area contributed by atoms with Crippen molar-refractivity contribution in [1.29, 1.82) is 0 Å². The van der Waals surface area contributed by atoms with Crippen LogP contribution in [0.25, 0.3) is 0 Å². The second kappa shape index (κ2) is 4.57. The summed E-state index contributed by atoms with van der Waals surface area (Å²) >= 11 is 0. The summed E-state index contributed by atoms with van der Waals surface area (Å²) in [6, 6.07) is 0.107. The minimum Gasteiger partial charge on any atom is -0.362 e. The van der Waals surface area contributed by atoms with Gasteiger partial charge in [-0.05, 0) is 18.3 Å². The molecule has 3 N–H and O–H groups in total. The molecule has 4 nitrogen and oxygen atoms in total. The zero-order valence-corrected chi connectivity index (χ0v) is 11.7. The number of fused-ring (bicyclic) bond motifs is 1. The molecule has 0 unspecified atom stereocenters. The molecule has 102 valence electrons. The van der Waals surface area contributed by atoms with Crippen LogP contribution >= 0.6 is 0 Å². The molecule has 1 amide bonds. The highest BCUT2D eigenvalue weighted by Crippen LogP contribution is 2.33. The van der Waals surface area contributed by atoms with Crippen molar-refractivity contribution in [2.24, 2.45) is 17.1 Å². The molecule has 2 saturated heterocycles. The minimum atomic E-state index is -0.0420. The third-order valence-corrected chi connectivity index (χ3v) is 3.77. The molecule has 0 radical (unpaired) electrons. The van der Waals surface area contributed by atoms with Gasteiger partial charge in [-0.3, -0.25) is 4.79 Å². The summed E-state index contributed by atoms with van der Waals surface area (Å²) in [6.45, 7) is 12.3. The maximum atomic E-state index is 12.0.